The summed E-state index contributed by atoms with van der Waals surface area (Å²) < 4.78 is 11.0. The maximum absolute atomic E-state index is 12.6. The second kappa shape index (κ2) is 7.63. The van der Waals surface area contributed by atoms with E-state index in [2.05, 4.69) is 0 Å². The van der Waals surface area contributed by atoms with Crippen molar-refractivity contribution in [3.05, 3.63) is 105 Å². The topological polar surface area (TPSA) is 95.7 Å². The molecule has 0 bridgehead atoms. The Labute approximate surface area is 171 Å². The van der Waals surface area contributed by atoms with E-state index in [9.17, 15) is 19.7 Å². The molecular weight excluding hydrogens is 386 g/mol. The van der Waals surface area contributed by atoms with Crippen LogP contribution in [0.1, 0.15) is 31.8 Å². The smallest absolute Gasteiger partial charge is 0.343 e. The highest BCUT2D eigenvalue weighted by Crippen LogP contribution is 2.35. The van der Waals surface area contributed by atoms with E-state index >= 15 is 0 Å². The maximum atomic E-state index is 12.6. The summed E-state index contributed by atoms with van der Waals surface area (Å²) in [7, 11) is 0. The third kappa shape index (κ3) is 3.81. The monoisotopic (exact) mass is 401 g/mol. The van der Waals surface area contributed by atoms with Crippen LogP contribution in [-0.4, -0.2) is 16.7 Å². The molecule has 0 aliphatic carbocycles. The molecule has 0 saturated heterocycles. The van der Waals surface area contributed by atoms with Gasteiger partial charge in [-0.25, -0.2) is 4.79 Å². The normalized spacial score (nSPS) is 13.6. The molecule has 4 rings (SSSR count). The summed E-state index contributed by atoms with van der Waals surface area (Å²) in [5.41, 5.74) is 2.37. The molecule has 0 saturated carbocycles. The van der Waals surface area contributed by atoms with E-state index in [1.165, 1.54) is 42.5 Å². The van der Waals surface area contributed by atoms with Crippen LogP contribution in [-0.2, 0) is 0 Å². The van der Waals surface area contributed by atoms with Crippen LogP contribution in [0.25, 0.3) is 6.08 Å². The molecule has 0 spiro atoms. The zero-order chi connectivity index (χ0) is 21.3. The number of aryl methyl sites for hydroxylation is 1. The van der Waals surface area contributed by atoms with Gasteiger partial charge in [-0.1, -0.05) is 29.8 Å². The Kier molecular flexibility index (Phi) is 4.85. The van der Waals surface area contributed by atoms with E-state index in [0.717, 1.165) is 11.1 Å². The van der Waals surface area contributed by atoms with Crippen molar-refractivity contribution in [3.8, 4) is 11.5 Å². The van der Waals surface area contributed by atoms with E-state index in [1.54, 1.807) is 6.08 Å². The molecule has 0 atom stereocenters. The average Bonchev–Trinajstić information content (AvgIpc) is 3.04. The van der Waals surface area contributed by atoms with E-state index < -0.39 is 10.9 Å². The van der Waals surface area contributed by atoms with Gasteiger partial charge in [0.25, 0.3) is 5.69 Å². The van der Waals surface area contributed by atoms with Crippen molar-refractivity contribution in [2.24, 2.45) is 0 Å². The lowest BCUT2D eigenvalue weighted by Crippen LogP contribution is -2.08. The van der Waals surface area contributed by atoms with Crippen molar-refractivity contribution in [2.75, 3.05) is 0 Å². The van der Waals surface area contributed by atoms with Gasteiger partial charge in [0.05, 0.1) is 16.1 Å². The fourth-order valence-corrected chi connectivity index (χ4v) is 2.93. The summed E-state index contributed by atoms with van der Waals surface area (Å²) in [6.45, 7) is 1.98. The number of non-ortho nitro benzene ring substituents is 1. The van der Waals surface area contributed by atoms with Crippen LogP contribution in [0, 0.1) is 17.0 Å². The van der Waals surface area contributed by atoms with E-state index in [-0.39, 0.29) is 28.5 Å². The minimum atomic E-state index is -0.676. The highest BCUT2D eigenvalue weighted by molar-refractivity contribution is 6.14. The largest absolute Gasteiger partial charge is 0.452 e. The number of nitrogens with zero attached hydrogens (tertiary/aromatic N) is 1. The van der Waals surface area contributed by atoms with E-state index in [1.807, 2.05) is 31.2 Å². The molecular formula is C23H15NO6. The average molecular weight is 401 g/mol. The van der Waals surface area contributed by atoms with Gasteiger partial charge >= 0.3 is 5.97 Å². The number of allylic oxidation sites excluding steroid dienone is 1. The van der Waals surface area contributed by atoms with Gasteiger partial charge in [-0.05, 0) is 42.8 Å². The summed E-state index contributed by atoms with van der Waals surface area (Å²) in [5.74, 6) is -0.245. The van der Waals surface area contributed by atoms with E-state index in [4.69, 9.17) is 9.47 Å². The summed E-state index contributed by atoms with van der Waals surface area (Å²) in [6.07, 6.45) is 1.66. The molecule has 7 heteroatoms. The maximum Gasteiger partial charge on any atom is 0.343 e. The van der Waals surface area contributed by atoms with Crippen LogP contribution in [0.3, 0.4) is 0 Å². The molecule has 30 heavy (non-hydrogen) atoms. The lowest BCUT2D eigenvalue weighted by Gasteiger charge is -2.05. The van der Waals surface area contributed by atoms with Crippen molar-refractivity contribution in [3.63, 3.8) is 0 Å². The van der Waals surface area contributed by atoms with Gasteiger partial charge in [-0.2, -0.15) is 0 Å². The Balaban J connectivity index is 1.51. The molecule has 1 aliphatic heterocycles. The highest BCUT2D eigenvalue weighted by Gasteiger charge is 2.28. The zero-order valence-corrected chi connectivity index (χ0v) is 15.8. The van der Waals surface area contributed by atoms with Crippen molar-refractivity contribution in [1.82, 2.24) is 0 Å². The van der Waals surface area contributed by atoms with Gasteiger partial charge in [-0.3, -0.25) is 14.9 Å². The molecule has 0 fully saturated rings. The fourth-order valence-electron chi connectivity index (χ4n) is 2.93. The lowest BCUT2D eigenvalue weighted by molar-refractivity contribution is -0.384. The number of rotatable bonds is 4. The van der Waals surface area contributed by atoms with Crippen LogP contribution in [0.2, 0.25) is 0 Å². The molecule has 3 aromatic rings. The van der Waals surface area contributed by atoms with Crippen LogP contribution in [0.5, 0.6) is 11.5 Å². The van der Waals surface area contributed by atoms with Crippen LogP contribution < -0.4 is 9.47 Å². The van der Waals surface area contributed by atoms with Crippen LogP contribution in [0.15, 0.2) is 72.5 Å². The quantitative estimate of drug-likeness (QED) is 0.206. The Morgan fingerprint density at radius 2 is 1.73 bits per heavy atom. The number of Topliss-reactive ketones (excluding diaryl/α,β-unsaturated/α-hetero) is 1. The van der Waals surface area contributed by atoms with Gasteiger partial charge in [0, 0.05) is 18.2 Å². The zero-order valence-electron chi connectivity index (χ0n) is 15.8. The Hall–Kier alpha value is -4.26. The van der Waals surface area contributed by atoms with E-state index in [0.29, 0.717) is 11.3 Å². The summed E-state index contributed by atoms with van der Waals surface area (Å²) in [6, 6.07) is 17.2. The molecule has 0 radical (unpaired) electrons. The number of esters is 1. The molecule has 148 valence electrons. The van der Waals surface area contributed by atoms with Gasteiger partial charge < -0.3 is 9.47 Å². The number of carbonyl (C=O) groups is 2. The second-order valence-corrected chi connectivity index (χ2v) is 6.70. The van der Waals surface area contributed by atoms with Gasteiger partial charge in [-0.15, -0.1) is 0 Å². The third-order valence-corrected chi connectivity index (χ3v) is 4.54. The highest BCUT2D eigenvalue weighted by atomic mass is 16.6. The van der Waals surface area contributed by atoms with Crippen molar-refractivity contribution in [1.29, 1.82) is 0 Å². The number of ketones is 1. The molecule has 0 N–H and O–H groups in total. The minimum absolute atomic E-state index is 0.121. The predicted octanol–water partition coefficient (Wildman–Crippen LogP) is 4.74. The first kappa shape index (κ1) is 19.1. The predicted molar refractivity (Wildman–Crippen MR) is 109 cm³/mol. The number of nitro benzene ring substituents is 1. The minimum Gasteiger partial charge on any atom is -0.452 e. The molecule has 0 unspecified atom stereocenters. The number of ether oxygens (including phenoxy) is 2. The first-order valence-electron chi connectivity index (χ1n) is 9.02. The van der Waals surface area contributed by atoms with Crippen molar-refractivity contribution < 1.29 is 24.0 Å². The number of fused-ring (bicyclic) bond motifs is 1. The van der Waals surface area contributed by atoms with Crippen LogP contribution >= 0.6 is 0 Å². The SMILES string of the molecule is Cc1ccc(/C=C2\Oc3cc(OC(=O)c4ccc([N+](=O)[O-])cc4)ccc3C2=O)cc1. The number of nitro groups is 1. The standard InChI is InChI=1S/C23H15NO6/c1-14-2-4-15(5-3-14)12-21-22(25)19-11-10-18(13-20(19)30-21)29-23(26)16-6-8-17(9-7-16)24(27)28/h2-13H,1H3/b21-12-. The first-order valence-corrected chi connectivity index (χ1v) is 9.02. The van der Waals surface area contributed by atoms with Gasteiger partial charge in [0.15, 0.2) is 5.76 Å². The first-order chi connectivity index (χ1) is 14.4. The number of benzene rings is 3. The number of hydrogen-bond acceptors (Lipinski definition) is 6. The van der Waals surface area contributed by atoms with Gasteiger partial charge in [0.1, 0.15) is 11.5 Å². The molecule has 7 nitrogen and oxygen atoms in total. The molecule has 3 aromatic carbocycles. The summed E-state index contributed by atoms with van der Waals surface area (Å²) in [4.78, 5) is 35.0. The van der Waals surface area contributed by atoms with Crippen molar-refractivity contribution in [2.45, 2.75) is 6.92 Å². The van der Waals surface area contributed by atoms with Gasteiger partial charge in [0.2, 0.25) is 5.78 Å². The number of hydrogen-bond donors (Lipinski definition) is 0. The fraction of sp³-hybridized carbons (Fsp3) is 0.0435. The number of carbonyl (C=O) groups excluding carboxylic acids is 2. The summed E-state index contributed by atoms with van der Waals surface area (Å²) in [5, 5.41) is 10.7. The Bertz CT molecular complexity index is 1190. The molecule has 0 amide bonds. The van der Waals surface area contributed by atoms with Crippen LogP contribution in [0.4, 0.5) is 5.69 Å². The molecule has 1 heterocycles. The molecule has 0 aromatic heterocycles. The molecule has 1 aliphatic rings. The Morgan fingerprint density at radius 1 is 1.03 bits per heavy atom. The third-order valence-electron chi connectivity index (χ3n) is 4.54. The summed E-state index contributed by atoms with van der Waals surface area (Å²) >= 11 is 0. The second-order valence-electron chi connectivity index (χ2n) is 6.70. The Morgan fingerprint density at radius 3 is 2.40 bits per heavy atom. The lowest BCUT2D eigenvalue weighted by atomic mass is 10.1. The van der Waals surface area contributed by atoms with Crippen molar-refractivity contribution >= 4 is 23.5 Å².